The van der Waals surface area contributed by atoms with Crippen LogP contribution in [0.15, 0.2) is 18.2 Å². The first-order valence-electron chi connectivity index (χ1n) is 7.65. The van der Waals surface area contributed by atoms with Crippen LogP contribution in [0.1, 0.15) is 29.2 Å². The summed E-state index contributed by atoms with van der Waals surface area (Å²) >= 11 is 0.880. The Kier molecular flexibility index (Phi) is 6.55. The number of benzene rings is 1. The summed E-state index contributed by atoms with van der Waals surface area (Å²) in [4.78, 5) is 34.6. The number of nitro groups is 1. The quantitative estimate of drug-likeness (QED) is 0.418. The molecule has 0 saturated carbocycles. The number of aromatic nitrogens is 2. The van der Waals surface area contributed by atoms with Gasteiger partial charge in [-0.3, -0.25) is 14.9 Å². The summed E-state index contributed by atoms with van der Waals surface area (Å²) < 4.78 is 13.8. The Morgan fingerprint density at radius 1 is 1.35 bits per heavy atom. The molecule has 138 valence electrons. The number of rotatable bonds is 8. The van der Waals surface area contributed by atoms with Crippen LogP contribution in [0.25, 0.3) is 0 Å². The van der Waals surface area contributed by atoms with Crippen LogP contribution in [-0.2, 0) is 16.0 Å². The Morgan fingerprint density at radius 2 is 2.12 bits per heavy atom. The molecule has 0 aliphatic heterocycles. The number of anilines is 1. The lowest BCUT2D eigenvalue weighted by Crippen LogP contribution is -2.21. The van der Waals surface area contributed by atoms with Crippen molar-refractivity contribution in [3.63, 3.8) is 0 Å². The van der Waals surface area contributed by atoms with Crippen molar-refractivity contribution in [2.24, 2.45) is 0 Å². The van der Waals surface area contributed by atoms with Crippen molar-refractivity contribution in [2.75, 3.05) is 18.5 Å². The van der Waals surface area contributed by atoms with Crippen molar-refractivity contribution in [2.45, 2.75) is 20.3 Å². The van der Waals surface area contributed by atoms with Crippen LogP contribution >= 0.6 is 11.5 Å². The molecule has 0 bridgehead atoms. The third kappa shape index (κ3) is 4.72. The Labute approximate surface area is 152 Å². The van der Waals surface area contributed by atoms with Gasteiger partial charge in [0.05, 0.1) is 23.3 Å². The highest BCUT2D eigenvalue weighted by Crippen LogP contribution is 2.29. The van der Waals surface area contributed by atoms with E-state index in [4.69, 9.17) is 9.47 Å². The monoisotopic (exact) mass is 380 g/mol. The van der Waals surface area contributed by atoms with Gasteiger partial charge in [0.1, 0.15) is 11.4 Å². The minimum absolute atomic E-state index is 0.0202. The normalized spacial score (nSPS) is 10.2. The number of aryl methyl sites for hydroxylation is 1. The summed E-state index contributed by atoms with van der Waals surface area (Å²) in [6, 6.07) is 4.06. The molecule has 1 N–H and O–H groups in total. The van der Waals surface area contributed by atoms with Crippen molar-refractivity contribution in [3.8, 4) is 5.75 Å². The molecule has 11 heteroatoms. The van der Waals surface area contributed by atoms with E-state index in [0.717, 1.165) is 11.5 Å². The summed E-state index contributed by atoms with van der Waals surface area (Å²) in [7, 11) is 0. The number of esters is 1. The molecule has 0 spiro atoms. The molecule has 0 saturated heterocycles. The van der Waals surface area contributed by atoms with Gasteiger partial charge in [0.15, 0.2) is 11.5 Å². The highest BCUT2D eigenvalue weighted by Gasteiger charge is 2.20. The Morgan fingerprint density at radius 3 is 2.77 bits per heavy atom. The molecular weight excluding hydrogens is 364 g/mol. The number of carbonyl (C=O) groups excluding carboxylic acids is 2. The molecule has 26 heavy (non-hydrogen) atoms. The van der Waals surface area contributed by atoms with Gasteiger partial charge < -0.3 is 14.8 Å². The fourth-order valence-corrected chi connectivity index (χ4v) is 2.65. The van der Waals surface area contributed by atoms with Gasteiger partial charge in [0, 0.05) is 0 Å². The predicted molar refractivity (Wildman–Crippen MR) is 92.5 cm³/mol. The minimum atomic E-state index is -0.715. The maximum Gasteiger partial charge on any atom is 0.352 e. The summed E-state index contributed by atoms with van der Waals surface area (Å²) in [5.41, 5.74) is 0.145. The highest BCUT2D eigenvalue weighted by atomic mass is 32.1. The van der Waals surface area contributed by atoms with E-state index in [1.807, 2.05) is 6.92 Å². The molecule has 1 heterocycles. The molecule has 2 aromatic rings. The SMILES string of the molecule is CCOc1ccc(NC(=O)COC(=O)c2snnc2CC)c([N+](=O)[O-])c1. The molecule has 1 aromatic heterocycles. The third-order valence-electron chi connectivity index (χ3n) is 3.16. The van der Waals surface area contributed by atoms with Crippen LogP contribution in [0.5, 0.6) is 5.75 Å². The summed E-state index contributed by atoms with van der Waals surface area (Å²) in [5.74, 6) is -1.11. The second kappa shape index (κ2) is 8.85. The van der Waals surface area contributed by atoms with Gasteiger partial charge in [0.2, 0.25) is 0 Å². The fourth-order valence-electron chi connectivity index (χ4n) is 2.00. The number of ether oxygens (including phenoxy) is 2. The number of amides is 1. The van der Waals surface area contributed by atoms with Crippen molar-refractivity contribution in [1.29, 1.82) is 0 Å². The van der Waals surface area contributed by atoms with Crippen LogP contribution in [0.2, 0.25) is 0 Å². The van der Waals surface area contributed by atoms with Gasteiger partial charge in [-0.1, -0.05) is 11.4 Å². The first-order chi connectivity index (χ1) is 12.5. The molecule has 0 fully saturated rings. The molecule has 2 rings (SSSR count). The number of carbonyl (C=O) groups is 2. The molecule has 1 amide bonds. The van der Waals surface area contributed by atoms with E-state index in [9.17, 15) is 19.7 Å². The van der Waals surface area contributed by atoms with Gasteiger partial charge in [0.25, 0.3) is 11.6 Å². The van der Waals surface area contributed by atoms with Crippen molar-refractivity contribution in [3.05, 3.63) is 38.9 Å². The van der Waals surface area contributed by atoms with E-state index >= 15 is 0 Å². The fraction of sp³-hybridized carbons (Fsp3) is 0.333. The van der Waals surface area contributed by atoms with E-state index in [1.54, 1.807) is 6.92 Å². The predicted octanol–water partition coefficient (Wildman–Crippen LogP) is 2.20. The highest BCUT2D eigenvalue weighted by molar-refractivity contribution is 7.07. The minimum Gasteiger partial charge on any atom is -0.494 e. The van der Waals surface area contributed by atoms with Crippen molar-refractivity contribution < 1.29 is 24.0 Å². The standard InChI is InChI=1S/C15H16N4O6S/c1-3-10-14(26-18-17-10)15(21)25-8-13(20)16-11-6-5-9(24-4-2)7-12(11)19(22)23/h5-7H,3-4,8H2,1-2H3,(H,16,20). The maximum atomic E-state index is 12.0. The van der Waals surface area contributed by atoms with Crippen LogP contribution in [0.4, 0.5) is 11.4 Å². The van der Waals surface area contributed by atoms with Gasteiger partial charge in [-0.25, -0.2) is 4.79 Å². The number of hydrogen-bond acceptors (Lipinski definition) is 9. The number of nitrogens with one attached hydrogen (secondary N) is 1. The van der Waals surface area contributed by atoms with Gasteiger partial charge >= 0.3 is 5.97 Å². The molecule has 0 aliphatic rings. The maximum absolute atomic E-state index is 12.0. The Hall–Kier alpha value is -3.08. The first kappa shape index (κ1) is 19.2. The number of hydrogen-bond donors (Lipinski definition) is 1. The van der Waals surface area contributed by atoms with Crippen LogP contribution < -0.4 is 10.1 Å². The van der Waals surface area contributed by atoms with Crippen LogP contribution in [0, 0.1) is 10.1 Å². The second-order valence-electron chi connectivity index (χ2n) is 4.90. The lowest BCUT2D eigenvalue weighted by Gasteiger charge is -2.08. The largest absolute Gasteiger partial charge is 0.494 e. The third-order valence-corrected chi connectivity index (χ3v) is 3.91. The Balaban J connectivity index is 2.01. The molecular formula is C15H16N4O6S. The van der Waals surface area contributed by atoms with Crippen molar-refractivity contribution in [1.82, 2.24) is 9.59 Å². The van der Waals surface area contributed by atoms with Crippen molar-refractivity contribution >= 4 is 34.8 Å². The Bertz CT molecular complexity index is 822. The number of nitrogens with zero attached hydrogens (tertiary/aromatic N) is 3. The van der Waals surface area contributed by atoms with Crippen LogP contribution in [-0.4, -0.2) is 39.6 Å². The first-order valence-corrected chi connectivity index (χ1v) is 8.43. The molecule has 1 aromatic carbocycles. The van der Waals surface area contributed by atoms with Gasteiger partial charge in [-0.15, -0.1) is 5.10 Å². The molecule has 10 nitrogen and oxygen atoms in total. The van der Waals surface area contributed by atoms with Gasteiger partial charge in [-0.2, -0.15) is 0 Å². The molecule has 0 atom stereocenters. The zero-order chi connectivity index (χ0) is 19.1. The lowest BCUT2D eigenvalue weighted by atomic mass is 10.2. The van der Waals surface area contributed by atoms with Crippen LogP contribution in [0.3, 0.4) is 0 Å². The summed E-state index contributed by atoms with van der Waals surface area (Å²) in [5, 5.41) is 17.3. The van der Waals surface area contributed by atoms with E-state index in [0.29, 0.717) is 24.5 Å². The molecule has 0 aliphatic carbocycles. The molecule has 0 unspecified atom stereocenters. The van der Waals surface area contributed by atoms with E-state index in [2.05, 4.69) is 14.9 Å². The zero-order valence-electron chi connectivity index (χ0n) is 14.1. The molecule has 0 radical (unpaired) electrons. The van der Waals surface area contributed by atoms with E-state index in [-0.39, 0.29) is 16.3 Å². The average molecular weight is 380 g/mol. The number of nitro benzene ring substituents is 1. The zero-order valence-corrected chi connectivity index (χ0v) is 14.9. The van der Waals surface area contributed by atoms with Gasteiger partial charge in [-0.05, 0) is 37.0 Å². The van der Waals surface area contributed by atoms with E-state index < -0.39 is 23.4 Å². The lowest BCUT2D eigenvalue weighted by molar-refractivity contribution is -0.384. The summed E-state index contributed by atoms with van der Waals surface area (Å²) in [6.45, 7) is 3.32. The van der Waals surface area contributed by atoms with E-state index in [1.165, 1.54) is 18.2 Å². The second-order valence-corrected chi connectivity index (χ2v) is 5.65. The summed E-state index contributed by atoms with van der Waals surface area (Å²) in [6.07, 6.45) is 0.505. The topological polar surface area (TPSA) is 134 Å². The smallest absolute Gasteiger partial charge is 0.352 e. The average Bonchev–Trinajstić information content (AvgIpc) is 3.10.